The Labute approximate surface area is 144 Å². The monoisotopic (exact) mass is 392 g/mol. The summed E-state index contributed by atoms with van der Waals surface area (Å²) in [4.78, 5) is 0. The average Bonchev–Trinajstić information content (AvgIpc) is 2.29. The minimum Gasteiger partial charge on any atom is -0.369 e. The number of alkyl halides is 6. The molecule has 0 saturated carbocycles. The molecule has 10 heteroatoms. The molecule has 3 unspecified atom stereocenters. The summed E-state index contributed by atoms with van der Waals surface area (Å²) in [5, 5.41) is 0. The average molecular weight is 395 g/mol. The van der Waals surface area contributed by atoms with Crippen molar-refractivity contribution in [3.8, 4) is 0 Å². The van der Waals surface area contributed by atoms with Gasteiger partial charge in [-0.15, -0.1) is 34.8 Å². The van der Waals surface area contributed by atoms with E-state index in [-0.39, 0.29) is 0 Å². The van der Waals surface area contributed by atoms with E-state index in [0.29, 0.717) is 36.9 Å². The van der Waals surface area contributed by atoms with E-state index in [1.54, 1.807) is 0 Å². The molecule has 0 aromatic heterocycles. The summed E-state index contributed by atoms with van der Waals surface area (Å²) < 4.78 is 15.9. The summed E-state index contributed by atoms with van der Waals surface area (Å²) in [5.41, 5.74) is -1.99. The zero-order chi connectivity index (χ0) is 14.7. The van der Waals surface area contributed by atoms with Crippen molar-refractivity contribution in [2.75, 3.05) is 17.6 Å². The van der Waals surface area contributed by atoms with Gasteiger partial charge in [0.2, 0.25) is 0 Å². The van der Waals surface area contributed by atoms with Gasteiger partial charge in [-0.3, -0.25) is 0 Å². The fraction of sp³-hybridized carbons (Fsp3) is 1.00. The van der Waals surface area contributed by atoms with E-state index >= 15 is 0 Å². The Hall–Kier alpha value is 1.68. The van der Waals surface area contributed by atoms with E-state index in [0.717, 1.165) is 0 Å². The molecule has 0 spiro atoms. The van der Waals surface area contributed by atoms with Gasteiger partial charge in [0.1, 0.15) is 16.7 Å². The summed E-state index contributed by atoms with van der Waals surface area (Å²) in [6.07, 6.45) is 1.28. The van der Waals surface area contributed by atoms with Crippen LogP contribution in [0.2, 0.25) is 0 Å². The zero-order valence-electron chi connectivity index (χ0n) is 10.0. The molecule has 0 saturated heterocycles. The lowest BCUT2D eigenvalue weighted by Gasteiger charge is -2.21. The third-order valence-electron chi connectivity index (χ3n) is 1.78. The topological polar surface area (TPSA) is 27.7 Å². The first kappa shape index (κ1) is 20.7. The lowest BCUT2D eigenvalue weighted by atomic mass is 10.2. The minimum absolute atomic E-state index is 0.346. The second-order valence-corrected chi connectivity index (χ2v) is 5.95. The first-order valence-electron chi connectivity index (χ1n) is 5.60. The standard InChI is InChI=1S/C9H15BCl6O3/c11-4-1-7(14)17-10(18-8(15)2-5-12)19-9(16)3-6-13/h7-9H,1-6H2. The lowest BCUT2D eigenvalue weighted by Crippen LogP contribution is -2.35. The van der Waals surface area contributed by atoms with Gasteiger partial charge in [0.15, 0.2) is 0 Å². The molecule has 0 aliphatic heterocycles. The molecule has 0 heterocycles. The third kappa shape index (κ3) is 12.0. The largest absolute Gasteiger partial charge is 0.642 e. The molecular formula is C9H15BCl6O3. The lowest BCUT2D eigenvalue weighted by molar-refractivity contribution is 0.0618. The molecule has 0 bridgehead atoms. The van der Waals surface area contributed by atoms with Gasteiger partial charge < -0.3 is 14.0 Å². The second-order valence-electron chi connectivity index (χ2n) is 3.36. The third-order valence-corrected chi connectivity index (χ3v) is 3.40. The van der Waals surface area contributed by atoms with Crippen LogP contribution in [-0.4, -0.2) is 41.7 Å². The van der Waals surface area contributed by atoms with Crippen LogP contribution in [0.25, 0.3) is 0 Å². The van der Waals surface area contributed by atoms with Crippen LogP contribution in [0, 0.1) is 0 Å². The Morgan fingerprint density at radius 3 is 1.11 bits per heavy atom. The summed E-state index contributed by atoms with van der Waals surface area (Å²) in [6, 6.07) is 0. The van der Waals surface area contributed by atoms with Crippen molar-refractivity contribution in [2.45, 2.75) is 36.0 Å². The van der Waals surface area contributed by atoms with Crippen molar-refractivity contribution in [3.05, 3.63) is 0 Å². The minimum atomic E-state index is -1.10. The van der Waals surface area contributed by atoms with Gasteiger partial charge in [0.25, 0.3) is 0 Å². The number of halogens is 6. The molecule has 0 rings (SSSR count). The van der Waals surface area contributed by atoms with E-state index < -0.39 is 24.0 Å². The molecule has 0 radical (unpaired) electrons. The molecule has 0 N–H and O–H groups in total. The van der Waals surface area contributed by atoms with Crippen LogP contribution in [0.15, 0.2) is 0 Å². The Kier molecular flexibility index (Phi) is 14.5. The highest BCUT2D eigenvalue weighted by molar-refractivity contribution is 6.40. The quantitative estimate of drug-likeness (QED) is 0.357. The molecule has 114 valence electrons. The van der Waals surface area contributed by atoms with Gasteiger partial charge in [-0.25, -0.2) is 0 Å². The number of hydrogen-bond acceptors (Lipinski definition) is 3. The normalized spacial score (nSPS) is 16.1. The van der Waals surface area contributed by atoms with Crippen LogP contribution < -0.4 is 0 Å². The van der Waals surface area contributed by atoms with Crippen molar-refractivity contribution in [1.29, 1.82) is 0 Å². The van der Waals surface area contributed by atoms with Gasteiger partial charge in [-0.05, 0) is 19.3 Å². The highest BCUT2D eigenvalue weighted by Crippen LogP contribution is 2.17. The van der Waals surface area contributed by atoms with Crippen LogP contribution in [0.1, 0.15) is 19.3 Å². The van der Waals surface area contributed by atoms with Gasteiger partial charge >= 0.3 is 7.32 Å². The molecule has 0 amide bonds. The first-order chi connectivity index (χ1) is 9.03. The molecule has 0 aliphatic carbocycles. The van der Waals surface area contributed by atoms with Crippen molar-refractivity contribution in [1.82, 2.24) is 0 Å². The van der Waals surface area contributed by atoms with Crippen LogP contribution in [0.5, 0.6) is 0 Å². The van der Waals surface area contributed by atoms with E-state index in [2.05, 4.69) is 0 Å². The van der Waals surface area contributed by atoms with E-state index in [4.69, 9.17) is 83.6 Å². The molecule has 3 atom stereocenters. The second kappa shape index (κ2) is 13.4. The Morgan fingerprint density at radius 1 is 0.632 bits per heavy atom. The Bertz CT molecular complexity index is 183. The molecular weight excluding hydrogens is 380 g/mol. The maximum atomic E-state index is 5.89. The molecule has 0 aliphatic rings. The van der Waals surface area contributed by atoms with Gasteiger partial charge in [-0.1, -0.05) is 34.8 Å². The van der Waals surface area contributed by atoms with Gasteiger partial charge in [0.05, 0.1) is 0 Å². The highest BCUT2D eigenvalue weighted by atomic mass is 35.5. The summed E-state index contributed by atoms with van der Waals surface area (Å²) in [7, 11) is -1.10. The van der Waals surface area contributed by atoms with Crippen molar-refractivity contribution in [3.63, 3.8) is 0 Å². The predicted molar refractivity (Wildman–Crippen MR) is 83.9 cm³/mol. The molecule has 19 heavy (non-hydrogen) atoms. The van der Waals surface area contributed by atoms with Crippen molar-refractivity contribution in [2.24, 2.45) is 0 Å². The molecule has 3 nitrogen and oxygen atoms in total. The molecule has 0 aromatic rings. The van der Waals surface area contributed by atoms with Crippen LogP contribution in [0.3, 0.4) is 0 Å². The van der Waals surface area contributed by atoms with Gasteiger partial charge in [-0.2, -0.15) is 0 Å². The first-order valence-corrected chi connectivity index (χ1v) is 8.51. The summed E-state index contributed by atoms with van der Waals surface area (Å²) >= 11 is 34.3. The summed E-state index contributed by atoms with van der Waals surface area (Å²) in [5.74, 6) is 1.04. The predicted octanol–water partition coefficient (Wildman–Crippen LogP) is 4.60. The maximum Gasteiger partial charge on any atom is 0.642 e. The van der Waals surface area contributed by atoms with E-state index in [9.17, 15) is 0 Å². The highest BCUT2D eigenvalue weighted by Gasteiger charge is 2.30. The smallest absolute Gasteiger partial charge is 0.369 e. The fourth-order valence-electron chi connectivity index (χ4n) is 0.919. The van der Waals surface area contributed by atoms with Crippen LogP contribution in [0.4, 0.5) is 0 Å². The zero-order valence-corrected chi connectivity index (χ0v) is 14.6. The van der Waals surface area contributed by atoms with Gasteiger partial charge in [0, 0.05) is 17.6 Å². The number of hydrogen-bond donors (Lipinski definition) is 0. The van der Waals surface area contributed by atoms with Crippen molar-refractivity contribution >= 4 is 76.9 Å². The summed E-state index contributed by atoms with van der Waals surface area (Å²) in [6.45, 7) is 0. The molecule has 0 fully saturated rings. The van der Waals surface area contributed by atoms with Crippen LogP contribution in [-0.2, 0) is 14.0 Å². The molecule has 0 aromatic carbocycles. The van der Waals surface area contributed by atoms with Crippen molar-refractivity contribution < 1.29 is 14.0 Å². The van der Waals surface area contributed by atoms with E-state index in [1.165, 1.54) is 0 Å². The Morgan fingerprint density at radius 2 is 0.895 bits per heavy atom. The SMILES string of the molecule is ClCCC(Cl)OB(OC(Cl)CCCl)OC(Cl)CCCl. The fourth-order valence-corrected chi connectivity index (χ4v) is 2.43. The Balaban J connectivity index is 4.28. The van der Waals surface area contributed by atoms with Crippen LogP contribution >= 0.6 is 69.6 Å². The number of rotatable bonds is 12. The maximum absolute atomic E-state index is 5.89. The van der Waals surface area contributed by atoms with E-state index in [1.807, 2.05) is 0 Å².